The molecule has 6 nitrogen and oxygen atoms in total. The molecule has 0 saturated heterocycles. The maximum Gasteiger partial charge on any atom is 0.573 e. The minimum Gasteiger partial charge on any atom is -0.489 e. The summed E-state index contributed by atoms with van der Waals surface area (Å²) in [4.78, 5) is 0. The Hall–Kier alpha value is -3.38. The van der Waals surface area contributed by atoms with Gasteiger partial charge in [-0.2, -0.15) is 5.26 Å². The average molecular weight is 364 g/mol. The number of nitrogens with one attached hydrogen (secondary N) is 1. The fourth-order valence-electron chi connectivity index (χ4n) is 2.05. The van der Waals surface area contributed by atoms with Crippen molar-refractivity contribution in [1.82, 2.24) is 5.43 Å². The third-order valence-electron chi connectivity index (χ3n) is 3.23. The molecular weight excluding hydrogens is 349 g/mol. The van der Waals surface area contributed by atoms with Crippen LogP contribution in [0.25, 0.3) is 5.70 Å². The Morgan fingerprint density at radius 2 is 1.77 bits per heavy atom. The van der Waals surface area contributed by atoms with Crippen LogP contribution in [0.15, 0.2) is 54.2 Å². The summed E-state index contributed by atoms with van der Waals surface area (Å²) in [6, 6.07) is 13.8. The highest BCUT2D eigenvalue weighted by Gasteiger charge is 2.30. The monoisotopic (exact) mass is 364 g/mol. The molecule has 0 aliphatic carbocycles. The standard InChI is InChI=1S/C17H15F3N4O2/c18-17(19,20)26-14-6-4-13(5-7-14)25-10-11-2-1-3-12(8-11)16(22)15(9-21)24-23/h1-8,24H,10,22-23H2/b16-15-. The predicted molar refractivity (Wildman–Crippen MR) is 87.9 cm³/mol. The van der Waals surface area contributed by atoms with Gasteiger partial charge in [0, 0.05) is 5.56 Å². The van der Waals surface area contributed by atoms with Gasteiger partial charge in [-0.15, -0.1) is 13.2 Å². The van der Waals surface area contributed by atoms with Crippen LogP contribution in [0, 0.1) is 11.3 Å². The molecule has 0 bridgehead atoms. The van der Waals surface area contributed by atoms with Gasteiger partial charge in [0.15, 0.2) is 5.70 Å². The highest BCUT2D eigenvalue weighted by Crippen LogP contribution is 2.25. The Kier molecular flexibility index (Phi) is 5.93. The van der Waals surface area contributed by atoms with E-state index in [9.17, 15) is 13.2 Å². The van der Waals surface area contributed by atoms with E-state index in [0.717, 1.165) is 17.7 Å². The molecule has 0 spiro atoms. The third kappa shape index (κ3) is 5.32. The molecule has 0 amide bonds. The fraction of sp³-hybridized carbons (Fsp3) is 0.118. The molecule has 9 heteroatoms. The van der Waals surface area contributed by atoms with Gasteiger partial charge >= 0.3 is 6.36 Å². The third-order valence-corrected chi connectivity index (χ3v) is 3.23. The Bertz CT molecular complexity index is 827. The van der Waals surface area contributed by atoms with E-state index in [4.69, 9.17) is 21.6 Å². The number of alkyl halides is 3. The lowest BCUT2D eigenvalue weighted by Crippen LogP contribution is -2.23. The van der Waals surface area contributed by atoms with Crippen LogP contribution in [0.5, 0.6) is 11.5 Å². The van der Waals surface area contributed by atoms with Crippen LogP contribution < -0.4 is 26.5 Å². The zero-order chi connectivity index (χ0) is 19.2. The number of benzene rings is 2. The average Bonchev–Trinajstić information content (AvgIpc) is 2.61. The lowest BCUT2D eigenvalue weighted by molar-refractivity contribution is -0.274. The number of ether oxygens (including phenoxy) is 2. The lowest BCUT2D eigenvalue weighted by Gasteiger charge is -2.11. The van der Waals surface area contributed by atoms with Crippen LogP contribution in [-0.4, -0.2) is 6.36 Å². The first kappa shape index (κ1) is 19.0. The normalized spacial score (nSPS) is 12.0. The molecule has 2 aromatic rings. The van der Waals surface area contributed by atoms with E-state index in [1.807, 2.05) is 6.07 Å². The van der Waals surface area contributed by atoms with Crippen LogP contribution in [-0.2, 0) is 6.61 Å². The molecule has 0 unspecified atom stereocenters. The summed E-state index contributed by atoms with van der Waals surface area (Å²) in [7, 11) is 0. The summed E-state index contributed by atoms with van der Waals surface area (Å²) >= 11 is 0. The van der Waals surface area contributed by atoms with Gasteiger partial charge in [0.05, 0.1) is 5.70 Å². The quantitative estimate of drug-likeness (QED) is 0.413. The van der Waals surface area contributed by atoms with Crippen LogP contribution >= 0.6 is 0 Å². The van der Waals surface area contributed by atoms with E-state index < -0.39 is 6.36 Å². The summed E-state index contributed by atoms with van der Waals surface area (Å²) < 4.78 is 45.7. The summed E-state index contributed by atoms with van der Waals surface area (Å²) in [6.45, 7) is 0.151. The second-order valence-corrected chi connectivity index (χ2v) is 5.05. The first-order valence-corrected chi connectivity index (χ1v) is 7.27. The number of rotatable bonds is 6. The lowest BCUT2D eigenvalue weighted by atomic mass is 10.1. The predicted octanol–water partition coefficient (Wildman–Crippen LogP) is 2.78. The van der Waals surface area contributed by atoms with Crippen molar-refractivity contribution in [2.75, 3.05) is 0 Å². The molecule has 2 aromatic carbocycles. The van der Waals surface area contributed by atoms with Gasteiger partial charge in [-0.1, -0.05) is 18.2 Å². The van der Waals surface area contributed by atoms with Crippen molar-refractivity contribution in [3.8, 4) is 17.6 Å². The number of allylic oxidation sites excluding steroid dienone is 1. The highest BCUT2D eigenvalue weighted by atomic mass is 19.4. The van der Waals surface area contributed by atoms with E-state index in [0.29, 0.717) is 11.3 Å². The number of nitrogens with two attached hydrogens (primary N) is 2. The van der Waals surface area contributed by atoms with Crippen molar-refractivity contribution in [2.24, 2.45) is 11.6 Å². The molecule has 0 aromatic heterocycles. The number of hydrogen-bond acceptors (Lipinski definition) is 6. The Morgan fingerprint density at radius 1 is 1.12 bits per heavy atom. The smallest absolute Gasteiger partial charge is 0.489 e. The molecule has 0 aliphatic rings. The molecule has 0 aliphatic heterocycles. The van der Waals surface area contributed by atoms with Crippen LogP contribution in [0.1, 0.15) is 11.1 Å². The van der Waals surface area contributed by atoms with Crippen molar-refractivity contribution >= 4 is 5.70 Å². The molecule has 0 radical (unpaired) electrons. The summed E-state index contributed by atoms with van der Waals surface area (Å²) in [5.74, 6) is 5.27. The van der Waals surface area contributed by atoms with Crippen molar-refractivity contribution in [2.45, 2.75) is 13.0 Å². The molecule has 136 valence electrons. The summed E-state index contributed by atoms with van der Waals surface area (Å²) in [6.07, 6.45) is -4.74. The second kappa shape index (κ2) is 8.13. The number of hydrogen-bond donors (Lipinski definition) is 3. The van der Waals surface area contributed by atoms with Gasteiger partial charge in [0.2, 0.25) is 0 Å². The molecule has 0 heterocycles. The second-order valence-electron chi connectivity index (χ2n) is 5.05. The Labute approximate surface area is 147 Å². The highest BCUT2D eigenvalue weighted by molar-refractivity contribution is 5.68. The van der Waals surface area contributed by atoms with Gasteiger partial charge in [-0.3, -0.25) is 0 Å². The molecule has 0 fully saturated rings. The number of halogens is 3. The van der Waals surface area contributed by atoms with Crippen LogP contribution in [0.3, 0.4) is 0 Å². The maximum atomic E-state index is 12.1. The van der Waals surface area contributed by atoms with Crippen LogP contribution in [0.2, 0.25) is 0 Å². The fourth-order valence-corrected chi connectivity index (χ4v) is 2.05. The first-order valence-electron chi connectivity index (χ1n) is 7.27. The van der Waals surface area contributed by atoms with Gasteiger partial charge in [-0.05, 0) is 35.9 Å². The van der Waals surface area contributed by atoms with E-state index in [-0.39, 0.29) is 23.8 Å². The van der Waals surface area contributed by atoms with E-state index in [1.165, 1.54) is 12.1 Å². The minimum absolute atomic E-state index is 0.0309. The van der Waals surface area contributed by atoms with E-state index in [2.05, 4.69) is 10.2 Å². The van der Waals surface area contributed by atoms with Gasteiger partial charge in [0.1, 0.15) is 24.2 Å². The van der Waals surface area contributed by atoms with Gasteiger partial charge in [-0.25, -0.2) is 5.84 Å². The largest absolute Gasteiger partial charge is 0.573 e. The molecule has 26 heavy (non-hydrogen) atoms. The molecule has 0 saturated carbocycles. The zero-order valence-corrected chi connectivity index (χ0v) is 13.4. The maximum absolute atomic E-state index is 12.1. The van der Waals surface area contributed by atoms with E-state index >= 15 is 0 Å². The number of nitrogens with zero attached hydrogens (tertiary/aromatic N) is 1. The Morgan fingerprint density at radius 3 is 2.35 bits per heavy atom. The van der Waals surface area contributed by atoms with Crippen molar-refractivity contribution in [3.63, 3.8) is 0 Å². The first-order chi connectivity index (χ1) is 12.3. The van der Waals surface area contributed by atoms with Crippen molar-refractivity contribution in [1.29, 1.82) is 5.26 Å². The van der Waals surface area contributed by atoms with Gasteiger partial charge < -0.3 is 20.6 Å². The van der Waals surface area contributed by atoms with Crippen molar-refractivity contribution in [3.05, 3.63) is 65.4 Å². The zero-order valence-electron chi connectivity index (χ0n) is 13.4. The van der Waals surface area contributed by atoms with Crippen molar-refractivity contribution < 1.29 is 22.6 Å². The SMILES string of the molecule is N#C/C(NN)=C(/N)c1cccc(COc2ccc(OC(F)(F)F)cc2)c1. The minimum atomic E-state index is -4.74. The molecular formula is C17H15F3N4O2. The molecule has 5 N–H and O–H groups in total. The summed E-state index contributed by atoms with van der Waals surface area (Å²) in [5.41, 5.74) is 9.63. The Balaban J connectivity index is 2.05. The molecule has 2 rings (SSSR count). The molecule has 0 atom stereocenters. The van der Waals surface area contributed by atoms with Crippen LogP contribution in [0.4, 0.5) is 13.2 Å². The van der Waals surface area contributed by atoms with Gasteiger partial charge in [0.25, 0.3) is 0 Å². The number of hydrazine groups is 1. The topological polar surface area (TPSA) is 106 Å². The summed E-state index contributed by atoms with van der Waals surface area (Å²) in [5, 5.41) is 8.94. The number of nitriles is 1. The van der Waals surface area contributed by atoms with E-state index in [1.54, 1.807) is 24.3 Å².